The molecule has 1 aliphatic rings. The summed E-state index contributed by atoms with van der Waals surface area (Å²) in [5.74, 6) is -0.232. The Hall–Kier alpha value is -2.96. The summed E-state index contributed by atoms with van der Waals surface area (Å²) in [4.78, 5) is 40.0. The molecule has 0 bridgehead atoms. The third-order valence-electron chi connectivity index (χ3n) is 4.59. The van der Waals surface area contributed by atoms with Gasteiger partial charge in [-0.05, 0) is 38.0 Å². The number of aryl methyl sites for hydroxylation is 2. The summed E-state index contributed by atoms with van der Waals surface area (Å²) in [6.45, 7) is 5.97. The second-order valence-electron chi connectivity index (χ2n) is 6.56. The summed E-state index contributed by atoms with van der Waals surface area (Å²) in [5.41, 5.74) is 2.58. The van der Waals surface area contributed by atoms with Gasteiger partial charge in [-0.2, -0.15) is 5.10 Å². The number of hydrogen-bond donors (Lipinski definition) is 1. The van der Waals surface area contributed by atoms with Crippen molar-refractivity contribution in [3.63, 3.8) is 0 Å². The highest BCUT2D eigenvalue weighted by Crippen LogP contribution is 2.15. The maximum atomic E-state index is 12.9. The zero-order valence-electron chi connectivity index (χ0n) is 15.0. The number of carbonyl (C=O) groups is 2. The first-order valence-electron chi connectivity index (χ1n) is 8.67. The topological polar surface area (TPSA) is 86.4 Å². The van der Waals surface area contributed by atoms with Gasteiger partial charge in [0.25, 0.3) is 17.4 Å². The summed E-state index contributed by atoms with van der Waals surface area (Å²) in [5, 5.41) is 6.08. The van der Waals surface area contributed by atoms with E-state index in [1.54, 1.807) is 9.80 Å². The van der Waals surface area contributed by atoms with Gasteiger partial charge in [-0.15, -0.1) is 0 Å². The highest BCUT2D eigenvalue weighted by molar-refractivity contribution is 5.96. The zero-order chi connectivity index (χ0) is 18.7. The molecule has 2 aromatic rings. The van der Waals surface area contributed by atoms with E-state index in [4.69, 9.17) is 0 Å². The first-order valence-corrected chi connectivity index (χ1v) is 8.67. The van der Waals surface area contributed by atoms with Crippen molar-refractivity contribution in [2.24, 2.45) is 0 Å². The molecule has 7 heteroatoms. The van der Waals surface area contributed by atoms with Crippen LogP contribution in [-0.2, 0) is 0 Å². The molecule has 26 heavy (non-hydrogen) atoms. The Balaban J connectivity index is 1.70. The maximum Gasteiger partial charge on any atom is 0.274 e. The van der Waals surface area contributed by atoms with Crippen molar-refractivity contribution < 1.29 is 9.59 Å². The lowest BCUT2D eigenvalue weighted by molar-refractivity contribution is 0.0714. The van der Waals surface area contributed by atoms with Gasteiger partial charge in [0, 0.05) is 37.8 Å². The fourth-order valence-corrected chi connectivity index (χ4v) is 3.09. The van der Waals surface area contributed by atoms with Crippen LogP contribution in [-0.4, -0.2) is 58.0 Å². The number of nitrogens with one attached hydrogen (secondary N) is 1. The molecule has 1 N–H and O–H groups in total. The van der Waals surface area contributed by atoms with E-state index in [9.17, 15) is 14.4 Å². The van der Waals surface area contributed by atoms with Crippen LogP contribution in [0.4, 0.5) is 0 Å². The second kappa shape index (κ2) is 7.51. The second-order valence-corrected chi connectivity index (χ2v) is 6.56. The first-order chi connectivity index (χ1) is 12.5. The largest absolute Gasteiger partial charge is 0.337 e. The molecule has 7 nitrogen and oxygen atoms in total. The van der Waals surface area contributed by atoms with E-state index in [0.717, 1.165) is 11.1 Å². The Kier molecular flexibility index (Phi) is 5.16. The van der Waals surface area contributed by atoms with Crippen molar-refractivity contribution in [3.05, 3.63) is 63.1 Å². The van der Waals surface area contributed by atoms with Gasteiger partial charge < -0.3 is 9.80 Å². The number of hydrogen-bond acceptors (Lipinski definition) is 4. The molecular formula is C19H22N4O3. The van der Waals surface area contributed by atoms with Crippen molar-refractivity contribution in [2.75, 3.05) is 26.2 Å². The van der Waals surface area contributed by atoms with E-state index in [1.807, 2.05) is 32.0 Å². The molecule has 1 fully saturated rings. The Labute approximate surface area is 151 Å². The Morgan fingerprint density at radius 1 is 0.962 bits per heavy atom. The molecule has 0 spiro atoms. The molecule has 3 rings (SSSR count). The van der Waals surface area contributed by atoms with Crippen molar-refractivity contribution in [1.82, 2.24) is 20.0 Å². The smallest absolute Gasteiger partial charge is 0.274 e. The third kappa shape index (κ3) is 3.82. The zero-order valence-corrected chi connectivity index (χ0v) is 15.0. The van der Waals surface area contributed by atoms with Gasteiger partial charge >= 0.3 is 0 Å². The standard InChI is InChI=1S/C19H22N4O3/c1-13-4-5-14(2)15(12-13)18(25)22-8-3-9-23(11-10-22)19(26)16-6-7-17(24)21-20-16/h4-7,12H,3,8-11H2,1-2H3,(H,21,24). The van der Waals surface area contributed by atoms with Crippen molar-refractivity contribution in [2.45, 2.75) is 20.3 Å². The minimum atomic E-state index is -0.345. The van der Waals surface area contributed by atoms with Gasteiger partial charge in [-0.3, -0.25) is 14.4 Å². The van der Waals surface area contributed by atoms with Crippen LogP contribution in [0.1, 0.15) is 38.4 Å². The van der Waals surface area contributed by atoms with Gasteiger partial charge in [0.05, 0.1) is 0 Å². The summed E-state index contributed by atoms with van der Waals surface area (Å²) in [6.07, 6.45) is 0.700. The quantitative estimate of drug-likeness (QED) is 0.883. The molecule has 0 saturated carbocycles. The van der Waals surface area contributed by atoms with Gasteiger partial charge in [-0.1, -0.05) is 17.7 Å². The van der Waals surface area contributed by atoms with E-state index < -0.39 is 0 Å². The van der Waals surface area contributed by atoms with E-state index in [0.29, 0.717) is 38.2 Å². The van der Waals surface area contributed by atoms with Gasteiger partial charge in [0.2, 0.25) is 0 Å². The van der Waals surface area contributed by atoms with Crippen LogP contribution in [0.25, 0.3) is 0 Å². The van der Waals surface area contributed by atoms with Gasteiger partial charge in [-0.25, -0.2) is 5.10 Å². The molecule has 1 aromatic heterocycles. The van der Waals surface area contributed by atoms with Crippen LogP contribution < -0.4 is 5.56 Å². The number of carbonyl (C=O) groups excluding carboxylic acids is 2. The van der Waals surface area contributed by atoms with Crippen LogP contribution in [0.15, 0.2) is 35.1 Å². The normalized spacial score (nSPS) is 14.8. The molecule has 2 heterocycles. The number of nitrogens with zero attached hydrogens (tertiary/aromatic N) is 3. The molecule has 1 aliphatic heterocycles. The SMILES string of the molecule is Cc1ccc(C)c(C(=O)N2CCCN(C(=O)c3ccc(=O)[nH]n3)CC2)c1. The van der Waals surface area contributed by atoms with E-state index in [-0.39, 0.29) is 23.1 Å². The molecule has 0 aliphatic carbocycles. The van der Waals surface area contributed by atoms with Crippen molar-refractivity contribution in [1.29, 1.82) is 0 Å². The Bertz CT molecular complexity index is 870. The van der Waals surface area contributed by atoms with E-state index >= 15 is 0 Å². The van der Waals surface area contributed by atoms with Gasteiger partial charge in [0.1, 0.15) is 5.69 Å². The van der Waals surface area contributed by atoms with E-state index in [2.05, 4.69) is 10.2 Å². The Morgan fingerprint density at radius 2 is 1.65 bits per heavy atom. The Morgan fingerprint density at radius 3 is 2.31 bits per heavy atom. The molecule has 0 radical (unpaired) electrons. The average Bonchev–Trinajstić information content (AvgIpc) is 2.89. The molecular weight excluding hydrogens is 332 g/mol. The first kappa shape index (κ1) is 17.8. The van der Waals surface area contributed by atoms with Crippen LogP contribution in [0.2, 0.25) is 0 Å². The fourth-order valence-electron chi connectivity index (χ4n) is 3.09. The van der Waals surface area contributed by atoms with Crippen LogP contribution in [0.3, 0.4) is 0 Å². The molecule has 0 unspecified atom stereocenters. The van der Waals surface area contributed by atoms with Crippen molar-refractivity contribution in [3.8, 4) is 0 Å². The third-order valence-corrected chi connectivity index (χ3v) is 4.59. The number of H-pyrrole nitrogens is 1. The lowest BCUT2D eigenvalue weighted by atomic mass is 10.0. The maximum absolute atomic E-state index is 12.9. The number of amides is 2. The predicted octanol–water partition coefficient (Wildman–Crippen LogP) is 1.38. The lowest BCUT2D eigenvalue weighted by Gasteiger charge is -2.22. The minimum Gasteiger partial charge on any atom is -0.337 e. The highest BCUT2D eigenvalue weighted by atomic mass is 16.2. The minimum absolute atomic E-state index is 0.00247. The lowest BCUT2D eigenvalue weighted by Crippen LogP contribution is -2.38. The molecule has 0 atom stereocenters. The summed E-state index contributed by atoms with van der Waals surface area (Å²) < 4.78 is 0. The summed E-state index contributed by atoms with van der Waals surface area (Å²) in [6, 6.07) is 8.57. The molecule has 2 amide bonds. The monoisotopic (exact) mass is 354 g/mol. The number of benzene rings is 1. The average molecular weight is 354 g/mol. The fraction of sp³-hybridized carbons (Fsp3) is 0.368. The summed E-state index contributed by atoms with van der Waals surface area (Å²) >= 11 is 0. The number of aromatic nitrogens is 2. The van der Waals surface area contributed by atoms with Crippen molar-refractivity contribution >= 4 is 11.8 Å². The van der Waals surface area contributed by atoms with Crippen LogP contribution in [0.5, 0.6) is 0 Å². The molecule has 136 valence electrons. The number of rotatable bonds is 2. The van der Waals surface area contributed by atoms with Crippen LogP contribution in [0, 0.1) is 13.8 Å². The van der Waals surface area contributed by atoms with Gasteiger partial charge in [0.15, 0.2) is 0 Å². The van der Waals surface area contributed by atoms with Crippen LogP contribution >= 0.6 is 0 Å². The van der Waals surface area contributed by atoms with E-state index in [1.165, 1.54) is 12.1 Å². The summed E-state index contributed by atoms with van der Waals surface area (Å²) in [7, 11) is 0. The molecule has 1 aromatic carbocycles. The highest BCUT2D eigenvalue weighted by Gasteiger charge is 2.25. The molecule has 1 saturated heterocycles. The number of aromatic amines is 1. The predicted molar refractivity (Wildman–Crippen MR) is 97.2 cm³/mol.